The molecule has 1 rings (SSSR count). The highest BCUT2D eigenvalue weighted by molar-refractivity contribution is 9.10. The number of benzene rings is 1. The molecule has 0 atom stereocenters. The third-order valence-electron chi connectivity index (χ3n) is 1.13. The zero-order valence-electron chi connectivity index (χ0n) is 5.63. The van der Waals surface area contributed by atoms with Crippen LogP contribution in [0, 0.1) is 23.2 Å². The van der Waals surface area contributed by atoms with E-state index in [1.807, 2.05) is 24.3 Å². The summed E-state index contributed by atoms with van der Waals surface area (Å²) in [4.78, 5) is 0. The fourth-order valence-corrected chi connectivity index (χ4v) is 1.04. The Balaban J connectivity index is 3.07. The van der Waals surface area contributed by atoms with Gasteiger partial charge in [0.1, 0.15) is 0 Å². The summed E-state index contributed by atoms with van der Waals surface area (Å²) in [5.74, 6) is 5.04. The number of nitriles is 1. The van der Waals surface area contributed by atoms with Crippen molar-refractivity contribution < 1.29 is 0 Å². The monoisotopic (exact) mass is 205 g/mol. The van der Waals surface area contributed by atoms with Crippen LogP contribution in [0.2, 0.25) is 0 Å². The Hall–Kier alpha value is -1.25. The summed E-state index contributed by atoms with van der Waals surface area (Å²) in [5, 5.41) is 8.18. The zero-order valence-corrected chi connectivity index (χ0v) is 7.22. The second-order valence-corrected chi connectivity index (χ2v) is 2.70. The Kier molecular flexibility index (Phi) is 2.72. The van der Waals surface area contributed by atoms with E-state index in [9.17, 15) is 0 Å². The quantitative estimate of drug-likeness (QED) is 0.597. The summed E-state index contributed by atoms with van der Waals surface area (Å²) < 4.78 is 0.919. The highest BCUT2D eigenvalue weighted by atomic mass is 79.9. The van der Waals surface area contributed by atoms with Gasteiger partial charge in [0.25, 0.3) is 0 Å². The lowest BCUT2D eigenvalue weighted by molar-refractivity contribution is 1.54. The standard InChI is InChI=1S/C9H4BrN/c10-9-6-2-1-4-8(9)5-3-7-11/h1-2,4,6H. The number of hydrogen-bond donors (Lipinski definition) is 0. The van der Waals surface area contributed by atoms with Crippen LogP contribution in [0.4, 0.5) is 0 Å². The Morgan fingerprint density at radius 2 is 2.00 bits per heavy atom. The molecule has 11 heavy (non-hydrogen) atoms. The minimum atomic E-state index is 0.842. The second kappa shape index (κ2) is 3.81. The van der Waals surface area contributed by atoms with Crippen molar-refractivity contribution in [3.05, 3.63) is 34.3 Å². The van der Waals surface area contributed by atoms with Gasteiger partial charge in [0.15, 0.2) is 6.07 Å². The second-order valence-electron chi connectivity index (χ2n) is 1.84. The summed E-state index contributed by atoms with van der Waals surface area (Å²) in [6.45, 7) is 0. The maximum Gasteiger partial charge on any atom is 0.152 e. The average Bonchev–Trinajstić information content (AvgIpc) is 2.03. The van der Waals surface area contributed by atoms with Crippen molar-refractivity contribution in [2.75, 3.05) is 0 Å². The fraction of sp³-hybridized carbons (Fsp3) is 0. The van der Waals surface area contributed by atoms with Crippen LogP contribution in [0.1, 0.15) is 5.56 Å². The lowest BCUT2D eigenvalue weighted by Crippen LogP contribution is -1.73. The van der Waals surface area contributed by atoms with Crippen LogP contribution in [0.3, 0.4) is 0 Å². The van der Waals surface area contributed by atoms with Gasteiger partial charge >= 0.3 is 0 Å². The molecular formula is C9H4BrN. The summed E-state index contributed by atoms with van der Waals surface area (Å²) in [6.07, 6.45) is 0. The van der Waals surface area contributed by atoms with Gasteiger partial charge < -0.3 is 0 Å². The fourth-order valence-electron chi connectivity index (χ4n) is 0.658. The normalized spacial score (nSPS) is 7.64. The predicted molar refractivity (Wildman–Crippen MR) is 46.6 cm³/mol. The van der Waals surface area contributed by atoms with Gasteiger partial charge in [-0.25, -0.2) is 0 Å². The average molecular weight is 206 g/mol. The summed E-state index contributed by atoms with van der Waals surface area (Å²) in [5.41, 5.74) is 0.842. The highest BCUT2D eigenvalue weighted by Gasteiger charge is 1.90. The van der Waals surface area contributed by atoms with Crippen molar-refractivity contribution in [3.63, 3.8) is 0 Å². The summed E-state index contributed by atoms with van der Waals surface area (Å²) in [6, 6.07) is 9.29. The minimum Gasteiger partial charge on any atom is -0.183 e. The topological polar surface area (TPSA) is 23.8 Å². The van der Waals surface area contributed by atoms with Crippen molar-refractivity contribution >= 4 is 15.9 Å². The van der Waals surface area contributed by atoms with Crippen LogP contribution >= 0.6 is 15.9 Å². The van der Waals surface area contributed by atoms with Crippen LogP contribution in [-0.4, -0.2) is 0 Å². The van der Waals surface area contributed by atoms with Crippen LogP contribution in [0.15, 0.2) is 28.7 Å². The van der Waals surface area contributed by atoms with Crippen molar-refractivity contribution in [1.82, 2.24) is 0 Å². The molecule has 0 N–H and O–H groups in total. The van der Waals surface area contributed by atoms with Crippen LogP contribution in [0.25, 0.3) is 0 Å². The van der Waals surface area contributed by atoms with Gasteiger partial charge in [0.2, 0.25) is 0 Å². The first-order valence-corrected chi connectivity index (χ1v) is 3.78. The van der Waals surface area contributed by atoms with E-state index in [4.69, 9.17) is 5.26 Å². The van der Waals surface area contributed by atoms with Gasteiger partial charge in [-0.2, -0.15) is 5.26 Å². The van der Waals surface area contributed by atoms with E-state index in [1.165, 1.54) is 0 Å². The molecule has 0 aliphatic carbocycles. The number of nitrogens with zero attached hydrogens (tertiary/aromatic N) is 1. The molecule has 0 unspecified atom stereocenters. The molecule has 1 aromatic rings. The number of hydrogen-bond acceptors (Lipinski definition) is 1. The molecule has 0 saturated heterocycles. The molecule has 0 aliphatic rings. The number of halogens is 1. The molecule has 0 bridgehead atoms. The molecule has 1 nitrogen and oxygen atoms in total. The highest BCUT2D eigenvalue weighted by Crippen LogP contribution is 2.13. The Labute approximate surface area is 73.8 Å². The molecule has 0 spiro atoms. The van der Waals surface area contributed by atoms with Gasteiger partial charge in [0, 0.05) is 16.0 Å². The van der Waals surface area contributed by atoms with Crippen molar-refractivity contribution in [2.24, 2.45) is 0 Å². The first kappa shape index (κ1) is 7.85. The first-order chi connectivity index (χ1) is 5.34. The van der Waals surface area contributed by atoms with E-state index in [1.54, 1.807) is 6.07 Å². The van der Waals surface area contributed by atoms with Gasteiger partial charge in [-0.05, 0) is 34.0 Å². The lowest BCUT2D eigenvalue weighted by Gasteiger charge is -1.91. The molecular weight excluding hydrogens is 202 g/mol. The van der Waals surface area contributed by atoms with Crippen molar-refractivity contribution in [1.29, 1.82) is 5.26 Å². The van der Waals surface area contributed by atoms with E-state index in [-0.39, 0.29) is 0 Å². The molecule has 0 saturated carbocycles. The summed E-state index contributed by atoms with van der Waals surface area (Å²) in [7, 11) is 0. The van der Waals surface area contributed by atoms with Crippen LogP contribution in [0.5, 0.6) is 0 Å². The van der Waals surface area contributed by atoms with Crippen LogP contribution in [-0.2, 0) is 0 Å². The molecule has 0 radical (unpaired) electrons. The Morgan fingerprint density at radius 3 is 2.64 bits per heavy atom. The van der Waals surface area contributed by atoms with Gasteiger partial charge in [-0.1, -0.05) is 12.1 Å². The SMILES string of the molecule is N#CC#Cc1ccccc1Br. The lowest BCUT2D eigenvalue weighted by atomic mass is 10.2. The van der Waals surface area contributed by atoms with Gasteiger partial charge in [-0.3, -0.25) is 0 Å². The van der Waals surface area contributed by atoms with E-state index >= 15 is 0 Å². The van der Waals surface area contributed by atoms with Crippen LogP contribution < -0.4 is 0 Å². The van der Waals surface area contributed by atoms with E-state index in [2.05, 4.69) is 27.8 Å². The van der Waals surface area contributed by atoms with E-state index < -0.39 is 0 Å². The largest absolute Gasteiger partial charge is 0.183 e. The van der Waals surface area contributed by atoms with Gasteiger partial charge in [-0.15, -0.1) is 0 Å². The minimum absolute atomic E-state index is 0.842. The Bertz CT molecular complexity index is 352. The summed E-state index contributed by atoms with van der Waals surface area (Å²) >= 11 is 3.31. The third-order valence-corrected chi connectivity index (χ3v) is 1.82. The van der Waals surface area contributed by atoms with E-state index in [0.29, 0.717) is 0 Å². The maximum atomic E-state index is 8.18. The Morgan fingerprint density at radius 1 is 1.27 bits per heavy atom. The molecule has 0 aromatic heterocycles. The molecule has 1 aromatic carbocycles. The number of rotatable bonds is 0. The van der Waals surface area contributed by atoms with Crippen molar-refractivity contribution in [2.45, 2.75) is 0 Å². The van der Waals surface area contributed by atoms with E-state index in [0.717, 1.165) is 10.0 Å². The molecule has 0 heterocycles. The third kappa shape index (κ3) is 2.11. The predicted octanol–water partition coefficient (Wildman–Crippen LogP) is 2.32. The van der Waals surface area contributed by atoms with Gasteiger partial charge in [0.05, 0.1) is 0 Å². The maximum absolute atomic E-state index is 8.18. The first-order valence-electron chi connectivity index (χ1n) is 2.99. The molecule has 52 valence electrons. The molecule has 0 amide bonds. The molecule has 0 fully saturated rings. The van der Waals surface area contributed by atoms with Crippen molar-refractivity contribution in [3.8, 4) is 17.9 Å². The zero-order chi connectivity index (χ0) is 8.10. The molecule has 0 aliphatic heterocycles. The molecule has 2 heteroatoms. The smallest absolute Gasteiger partial charge is 0.152 e.